The molecule has 0 radical (unpaired) electrons. The van der Waals surface area contributed by atoms with E-state index < -0.39 is 8.80 Å². The van der Waals surface area contributed by atoms with Crippen molar-refractivity contribution in [2.24, 2.45) is 11.7 Å². The highest BCUT2D eigenvalue weighted by molar-refractivity contribution is 6.60. The SMILES string of the molecule is CCCCC(CN)C[Si](OCC)(OCC)OCC. The quantitative estimate of drug-likeness (QED) is 0.557. The van der Waals surface area contributed by atoms with Crippen LogP contribution in [-0.4, -0.2) is 35.2 Å². The van der Waals surface area contributed by atoms with Crippen molar-refractivity contribution in [3.8, 4) is 0 Å². The first kappa shape index (κ1) is 18.1. The molecule has 0 aliphatic rings. The van der Waals surface area contributed by atoms with Crippen LogP contribution in [0.2, 0.25) is 6.04 Å². The molecule has 110 valence electrons. The Balaban J connectivity index is 4.58. The van der Waals surface area contributed by atoms with E-state index in [0.717, 1.165) is 12.5 Å². The van der Waals surface area contributed by atoms with Crippen LogP contribution in [0.15, 0.2) is 0 Å². The number of hydrogen-bond acceptors (Lipinski definition) is 4. The first-order valence-electron chi connectivity index (χ1n) is 7.29. The molecule has 0 bridgehead atoms. The van der Waals surface area contributed by atoms with E-state index in [9.17, 15) is 0 Å². The maximum Gasteiger partial charge on any atom is 0.501 e. The lowest BCUT2D eigenvalue weighted by Gasteiger charge is -2.31. The molecule has 0 fully saturated rings. The molecule has 0 amide bonds. The molecule has 0 aromatic carbocycles. The summed E-state index contributed by atoms with van der Waals surface area (Å²) in [6.07, 6.45) is 3.54. The fourth-order valence-corrected chi connectivity index (χ4v) is 5.11. The van der Waals surface area contributed by atoms with Crippen LogP contribution in [0.3, 0.4) is 0 Å². The normalized spacial score (nSPS) is 13.8. The molecule has 1 atom stereocenters. The van der Waals surface area contributed by atoms with Crippen molar-refractivity contribution in [1.82, 2.24) is 0 Å². The smallest absolute Gasteiger partial charge is 0.374 e. The van der Waals surface area contributed by atoms with Gasteiger partial charge in [-0.1, -0.05) is 19.8 Å². The molecule has 18 heavy (non-hydrogen) atoms. The van der Waals surface area contributed by atoms with Gasteiger partial charge in [0.1, 0.15) is 0 Å². The third-order valence-electron chi connectivity index (χ3n) is 2.93. The lowest BCUT2D eigenvalue weighted by molar-refractivity contribution is 0.0668. The van der Waals surface area contributed by atoms with Crippen molar-refractivity contribution < 1.29 is 13.3 Å². The van der Waals surface area contributed by atoms with Crippen LogP contribution in [0.25, 0.3) is 0 Å². The second-order valence-corrected chi connectivity index (χ2v) is 7.07. The molecule has 2 N–H and O–H groups in total. The molecule has 0 saturated carbocycles. The summed E-state index contributed by atoms with van der Waals surface area (Å²) in [7, 11) is -2.51. The fraction of sp³-hybridized carbons (Fsp3) is 1.00. The van der Waals surface area contributed by atoms with Gasteiger partial charge in [-0.15, -0.1) is 0 Å². The van der Waals surface area contributed by atoms with Gasteiger partial charge in [0.15, 0.2) is 0 Å². The number of nitrogens with two attached hydrogens (primary N) is 1. The molecule has 0 aromatic heterocycles. The fourth-order valence-electron chi connectivity index (χ4n) is 2.11. The summed E-state index contributed by atoms with van der Waals surface area (Å²) in [5.74, 6) is 0.446. The maximum atomic E-state index is 5.86. The van der Waals surface area contributed by atoms with Crippen molar-refractivity contribution in [2.45, 2.75) is 53.0 Å². The standard InChI is InChI=1S/C13H31NO3Si/c1-5-9-10-13(11-14)12-18(15-6-2,16-7-3)17-8-4/h13H,5-12,14H2,1-4H3. The summed E-state index contributed by atoms with van der Waals surface area (Å²) in [5.41, 5.74) is 5.86. The summed E-state index contributed by atoms with van der Waals surface area (Å²) < 4.78 is 17.6. The van der Waals surface area contributed by atoms with E-state index >= 15 is 0 Å². The highest BCUT2D eigenvalue weighted by atomic mass is 28.4. The maximum absolute atomic E-state index is 5.86. The van der Waals surface area contributed by atoms with Gasteiger partial charge < -0.3 is 19.0 Å². The van der Waals surface area contributed by atoms with Crippen LogP contribution in [-0.2, 0) is 13.3 Å². The Bertz CT molecular complexity index is 176. The van der Waals surface area contributed by atoms with Gasteiger partial charge in [0, 0.05) is 25.9 Å². The summed E-state index contributed by atoms with van der Waals surface area (Å²) in [6.45, 7) is 10.8. The largest absolute Gasteiger partial charge is 0.501 e. The van der Waals surface area contributed by atoms with Gasteiger partial charge in [0.2, 0.25) is 0 Å². The van der Waals surface area contributed by atoms with Crippen LogP contribution in [0.4, 0.5) is 0 Å². The molecule has 5 heteroatoms. The number of rotatable bonds is 12. The summed E-state index contributed by atoms with van der Waals surface area (Å²) in [5, 5.41) is 0. The molecule has 4 nitrogen and oxygen atoms in total. The average Bonchev–Trinajstić information content (AvgIpc) is 2.35. The van der Waals surface area contributed by atoms with Gasteiger partial charge in [-0.2, -0.15) is 0 Å². The van der Waals surface area contributed by atoms with E-state index in [1.807, 2.05) is 20.8 Å². The van der Waals surface area contributed by atoms with E-state index in [1.165, 1.54) is 12.8 Å². The minimum Gasteiger partial charge on any atom is -0.374 e. The lowest BCUT2D eigenvalue weighted by atomic mass is 10.1. The topological polar surface area (TPSA) is 53.7 Å². The molecule has 0 aliphatic heterocycles. The van der Waals surface area contributed by atoms with Crippen molar-refractivity contribution in [3.05, 3.63) is 0 Å². The molecule has 0 spiro atoms. The average molecular weight is 277 g/mol. The summed E-state index contributed by atoms with van der Waals surface area (Å²) in [4.78, 5) is 0. The van der Waals surface area contributed by atoms with Gasteiger partial charge >= 0.3 is 8.80 Å². The van der Waals surface area contributed by atoms with Gasteiger partial charge in [-0.25, -0.2) is 0 Å². The first-order chi connectivity index (χ1) is 8.67. The van der Waals surface area contributed by atoms with Crippen LogP contribution in [0.5, 0.6) is 0 Å². The summed E-state index contributed by atoms with van der Waals surface area (Å²) >= 11 is 0. The van der Waals surface area contributed by atoms with Gasteiger partial charge in [-0.05, 0) is 39.7 Å². The predicted octanol–water partition coefficient (Wildman–Crippen LogP) is 2.80. The Kier molecular flexibility index (Phi) is 11.0. The third kappa shape index (κ3) is 6.85. The van der Waals surface area contributed by atoms with E-state index in [-0.39, 0.29) is 0 Å². The van der Waals surface area contributed by atoms with Gasteiger partial charge in [0.05, 0.1) is 0 Å². The van der Waals surface area contributed by atoms with E-state index in [4.69, 9.17) is 19.0 Å². The molecule has 1 unspecified atom stereocenters. The second-order valence-electron chi connectivity index (χ2n) is 4.43. The zero-order valence-electron chi connectivity index (χ0n) is 12.5. The molecule has 0 aromatic rings. The second kappa shape index (κ2) is 10.9. The molecule has 0 aliphatic carbocycles. The minimum absolute atomic E-state index is 0.446. The highest BCUT2D eigenvalue weighted by Crippen LogP contribution is 2.24. The Morgan fingerprint density at radius 1 is 0.944 bits per heavy atom. The Morgan fingerprint density at radius 3 is 1.78 bits per heavy atom. The Hall–Kier alpha value is 0.0569. The van der Waals surface area contributed by atoms with Crippen molar-refractivity contribution in [1.29, 1.82) is 0 Å². The van der Waals surface area contributed by atoms with E-state index in [1.54, 1.807) is 0 Å². The van der Waals surface area contributed by atoms with Crippen LogP contribution in [0.1, 0.15) is 47.0 Å². The monoisotopic (exact) mass is 277 g/mol. The van der Waals surface area contributed by atoms with Crippen LogP contribution >= 0.6 is 0 Å². The lowest BCUT2D eigenvalue weighted by Crippen LogP contribution is -2.48. The molecular weight excluding hydrogens is 246 g/mol. The Morgan fingerprint density at radius 2 is 1.44 bits per heavy atom. The zero-order chi connectivity index (χ0) is 13.9. The van der Waals surface area contributed by atoms with Crippen LogP contribution in [0, 0.1) is 5.92 Å². The van der Waals surface area contributed by atoms with Gasteiger partial charge in [0.25, 0.3) is 0 Å². The minimum atomic E-state index is -2.51. The third-order valence-corrected chi connectivity index (χ3v) is 6.19. The van der Waals surface area contributed by atoms with Crippen molar-refractivity contribution in [3.63, 3.8) is 0 Å². The highest BCUT2D eigenvalue weighted by Gasteiger charge is 2.42. The van der Waals surface area contributed by atoms with E-state index in [2.05, 4.69) is 6.92 Å². The number of hydrogen-bond donors (Lipinski definition) is 1. The molecule has 0 saturated heterocycles. The van der Waals surface area contributed by atoms with Crippen molar-refractivity contribution >= 4 is 8.80 Å². The first-order valence-corrected chi connectivity index (χ1v) is 9.23. The molecule has 0 rings (SSSR count). The van der Waals surface area contributed by atoms with Gasteiger partial charge in [-0.3, -0.25) is 0 Å². The van der Waals surface area contributed by atoms with Crippen molar-refractivity contribution in [2.75, 3.05) is 26.4 Å². The van der Waals surface area contributed by atoms with E-state index in [0.29, 0.717) is 32.3 Å². The number of unbranched alkanes of at least 4 members (excludes halogenated alkanes) is 1. The summed E-state index contributed by atoms with van der Waals surface area (Å²) in [6, 6.07) is 0.846. The molecule has 0 heterocycles. The Labute approximate surface area is 114 Å². The predicted molar refractivity (Wildman–Crippen MR) is 77.5 cm³/mol. The zero-order valence-corrected chi connectivity index (χ0v) is 13.5. The van der Waals surface area contributed by atoms with Crippen LogP contribution < -0.4 is 5.73 Å². The molecular formula is C13H31NO3Si.